The third kappa shape index (κ3) is 29.8. The number of allylic oxidation sites excluding steroid dienone is 1. The number of carbonyl (C=O) groups is 1. The minimum Gasteiger partial charge on any atom is -0.394 e. The zero-order valence-corrected chi connectivity index (χ0v) is 38.1. The summed E-state index contributed by atoms with van der Waals surface area (Å²) in [6.07, 6.45) is 35.9. The Morgan fingerprint density at radius 1 is 0.576 bits per heavy atom. The topological polar surface area (TPSA) is 169 Å². The molecule has 59 heavy (non-hydrogen) atoms. The van der Waals surface area contributed by atoms with Gasteiger partial charge < -0.3 is 45.4 Å². The van der Waals surface area contributed by atoms with E-state index in [1.165, 1.54) is 167 Å². The molecular weight excluding hydrogens is 747 g/mol. The molecule has 1 fully saturated rings. The monoisotopic (exact) mass is 842 g/mol. The summed E-state index contributed by atoms with van der Waals surface area (Å²) in [4.78, 5) is 13.1. The first kappa shape index (κ1) is 55.9. The molecule has 1 heterocycles. The second-order valence-electron chi connectivity index (χ2n) is 17.8. The maximum Gasteiger partial charge on any atom is 0.249 e. The van der Waals surface area contributed by atoms with Crippen molar-refractivity contribution in [2.45, 2.75) is 281 Å². The molecule has 0 spiro atoms. The van der Waals surface area contributed by atoms with Crippen LogP contribution < -0.4 is 5.32 Å². The number of rotatable bonds is 42. The molecule has 0 aliphatic carbocycles. The molecule has 1 amide bonds. The Labute approximate surface area is 361 Å². The molecule has 0 radical (unpaired) electrons. The van der Waals surface area contributed by atoms with Crippen LogP contribution in [0.15, 0.2) is 12.2 Å². The van der Waals surface area contributed by atoms with Crippen LogP contribution in [0.5, 0.6) is 0 Å². The fourth-order valence-electron chi connectivity index (χ4n) is 8.11. The van der Waals surface area contributed by atoms with Gasteiger partial charge in [-0.2, -0.15) is 0 Å². The van der Waals surface area contributed by atoms with Gasteiger partial charge in [0.15, 0.2) is 6.29 Å². The highest BCUT2D eigenvalue weighted by molar-refractivity contribution is 5.80. The number of hydrogen-bond acceptors (Lipinski definition) is 9. The fraction of sp³-hybridized carbons (Fsp3) is 0.939. The average Bonchev–Trinajstić information content (AvgIpc) is 3.23. The molecule has 10 heteroatoms. The molecule has 8 atom stereocenters. The number of ether oxygens (including phenoxy) is 2. The van der Waals surface area contributed by atoms with Crippen molar-refractivity contribution in [1.29, 1.82) is 0 Å². The van der Waals surface area contributed by atoms with Crippen LogP contribution in [0.1, 0.15) is 232 Å². The van der Waals surface area contributed by atoms with E-state index in [2.05, 4.69) is 19.2 Å². The summed E-state index contributed by atoms with van der Waals surface area (Å²) >= 11 is 0. The van der Waals surface area contributed by atoms with E-state index in [4.69, 9.17) is 9.47 Å². The van der Waals surface area contributed by atoms with Crippen LogP contribution in [0.2, 0.25) is 0 Å². The van der Waals surface area contributed by atoms with Crippen molar-refractivity contribution < 1.29 is 44.9 Å². The fourth-order valence-corrected chi connectivity index (χ4v) is 8.11. The molecule has 1 aliphatic heterocycles. The van der Waals surface area contributed by atoms with Gasteiger partial charge in [0.2, 0.25) is 5.91 Å². The van der Waals surface area contributed by atoms with Gasteiger partial charge in [0.25, 0.3) is 0 Å². The van der Waals surface area contributed by atoms with Gasteiger partial charge in [0, 0.05) is 0 Å². The third-order valence-electron chi connectivity index (χ3n) is 12.2. The average molecular weight is 842 g/mol. The summed E-state index contributed by atoms with van der Waals surface area (Å²) in [5, 5.41) is 64.7. The highest BCUT2D eigenvalue weighted by Crippen LogP contribution is 2.23. The van der Waals surface area contributed by atoms with Gasteiger partial charge >= 0.3 is 0 Å². The van der Waals surface area contributed by atoms with E-state index in [9.17, 15) is 35.4 Å². The van der Waals surface area contributed by atoms with Gasteiger partial charge in [0.05, 0.1) is 25.4 Å². The van der Waals surface area contributed by atoms with E-state index in [0.29, 0.717) is 6.42 Å². The van der Waals surface area contributed by atoms with Crippen molar-refractivity contribution in [3.8, 4) is 0 Å². The number of nitrogens with one attached hydrogen (secondary N) is 1. The van der Waals surface area contributed by atoms with E-state index in [1.807, 2.05) is 6.08 Å². The van der Waals surface area contributed by atoms with Gasteiger partial charge in [-0.05, 0) is 19.3 Å². The van der Waals surface area contributed by atoms with Crippen molar-refractivity contribution >= 4 is 5.91 Å². The lowest BCUT2D eigenvalue weighted by atomic mass is 9.99. The second kappa shape index (κ2) is 39.7. The lowest BCUT2D eigenvalue weighted by molar-refractivity contribution is -0.302. The summed E-state index contributed by atoms with van der Waals surface area (Å²) in [6.45, 7) is 3.61. The summed E-state index contributed by atoms with van der Waals surface area (Å²) in [6, 6.07) is -0.974. The number of aliphatic hydroxyl groups is 6. The molecule has 0 aromatic heterocycles. The predicted octanol–water partition coefficient (Wildman–Crippen LogP) is 9.87. The summed E-state index contributed by atoms with van der Waals surface area (Å²) in [5.41, 5.74) is 0. The van der Waals surface area contributed by atoms with Crippen LogP contribution in [-0.2, 0) is 14.3 Å². The minimum absolute atomic E-state index is 0.301. The molecular formula is C49H95NO9. The summed E-state index contributed by atoms with van der Waals surface area (Å²) < 4.78 is 11.1. The van der Waals surface area contributed by atoms with Crippen molar-refractivity contribution in [2.75, 3.05) is 13.2 Å². The molecule has 1 aliphatic rings. The first-order chi connectivity index (χ1) is 28.8. The van der Waals surface area contributed by atoms with Crippen molar-refractivity contribution in [3.63, 3.8) is 0 Å². The zero-order chi connectivity index (χ0) is 43.2. The molecule has 7 N–H and O–H groups in total. The van der Waals surface area contributed by atoms with E-state index < -0.39 is 61.5 Å². The Kier molecular flexibility index (Phi) is 37.6. The highest BCUT2D eigenvalue weighted by Gasteiger charge is 2.44. The minimum atomic E-state index is -1.61. The molecule has 8 unspecified atom stereocenters. The van der Waals surface area contributed by atoms with Crippen LogP contribution in [0.25, 0.3) is 0 Å². The predicted molar refractivity (Wildman–Crippen MR) is 241 cm³/mol. The van der Waals surface area contributed by atoms with Crippen molar-refractivity contribution in [1.82, 2.24) is 5.32 Å². The number of carbonyl (C=O) groups excluding carboxylic acids is 1. The highest BCUT2D eigenvalue weighted by atomic mass is 16.7. The molecule has 1 rings (SSSR count). The molecule has 0 aromatic rings. The lowest BCUT2D eigenvalue weighted by Crippen LogP contribution is -2.60. The molecule has 1 saturated heterocycles. The van der Waals surface area contributed by atoms with E-state index in [-0.39, 0.29) is 6.61 Å². The Hall–Kier alpha value is -1.11. The van der Waals surface area contributed by atoms with E-state index >= 15 is 0 Å². The number of aliphatic hydroxyl groups excluding tert-OH is 6. The van der Waals surface area contributed by atoms with Gasteiger partial charge in [-0.15, -0.1) is 0 Å². The molecule has 10 nitrogen and oxygen atoms in total. The van der Waals surface area contributed by atoms with Gasteiger partial charge in [0.1, 0.15) is 30.5 Å². The SMILES string of the molecule is CCCCCCCCCCCC/C=C/C(O)C(COC1OC(CO)C(O)C(O)C1O)NC(=O)C(O)CCCCCCCCCCCCCCCCCCCCCCCC. The van der Waals surface area contributed by atoms with Gasteiger partial charge in [-0.25, -0.2) is 0 Å². The van der Waals surface area contributed by atoms with Crippen LogP contribution in [-0.4, -0.2) is 98.7 Å². The maximum absolute atomic E-state index is 13.1. The number of amides is 1. The Balaban J connectivity index is 2.30. The molecule has 0 saturated carbocycles. The van der Waals surface area contributed by atoms with E-state index in [1.54, 1.807) is 6.08 Å². The zero-order valence-electron chi connectivity index (χ0n) is 38.1. The summed E-state index contributed by atoms with van der Waals surface area (Å²) in [5.74, 6) is -0.613. The maximum atomic E-state index is 13.1. The smallest absolute Gasteiger partial charge is 0.249 e. The Morgan fingerprint density at radius 3 is 1.37 bits per heavy atom. The molecule has 0 aromatic carbocycles. The largest absolute Gasteiger partial charge is 0.394 e. The van der Waals surface area contributed by atoms with Gasteiger partial charge in [-0.3, -0.25) is 4.79 Å². The Bertz CT molecular complexity index is 952. The van der Waals surface area contributed by atoms with E-state index in [0.717, 1.165) is 44.9 Å². The first-order valence-corrected chi connectivity index (χ1v) is 25.0. The number of hydrogen-bond donors (Lipinski definition) is 7. The second-order valence-corrected chi connectivity index (χ2v) is 17.8. The van der Waals surface area contributed by atoms with Crippen LogP contribution >= 0.6 is 0 Å². The van der Waals surface area contributed by atoms with Crippen LogP contribution in [0, 0.1) is 0 Å². The standard InChI is InChI=1S/C49H95NO9/c1-3-5-7-9-11-13-15-17-18-19-20-21-22-23-24-25-26-28-30-32-34-36-38-43(53)48(57)50-41(40-58-49-47(56)46(55)45(54)44(39-51)59-49)42(52)37-35-33-31-29-27-16-14-12-10-8-6-4-2/h35,37,41-47,49,51-56H,3-34,36,38-40H2,1-2H3,(H,50,57)/b37-35+. The number of unbranched alkanes of at least 4 members (excludes halogenated alkanes) is 31. The van der Waals surface area contributed by atoms with Gasteiger partial charge in [-0.1, -0.05) is 225 Å². The lowest BCUT2D eigenvalue weighted by Gasteiger charge is -2.40. The quantitative estimate of drug-likeness (QED) is 0.0234. The van der Waals surface area contributed by atoms with Crippen LogP contribution in [0.4, 0.5) is 0 Å². The normalized spacial score (nSPS) is 21.3. The van der Waals surface area contributed by atoms with Crippen LogP contribution in [0.3, 0.4) is 0 Å². The molecule has 0 bridgehead atoms. The molecule has 350 valence electrons. The Morgan fingerprint density at radius 2 is 0.966 bits per heavy atom. The van der Waals surface area contributed by atoms with Crippen molar-refractivity contribution in [2.24, 2.45) is 0 Å². The first-order valence-electron chi connectivity index (χ1n) is 25.0. The summed E-state index contributed by atoms with van der Waals surface area (Å²) in [7, 11) is 0. The third-order valence-corrected chi connectivity index (χ3v) is 12.2. The van der Waals surface area contributed by atoms with Crippen molar-refractivity contribution in [3.05, 3.63) is 12.2 Å².